The maximum Gasteiger partial charge on any atom is 0.187 e. The first-order valence-corrected chi connectivity index (χ1v) is 30.9. The molecule has 5 saturated heterocycles. The van der Waals surface area contributed by atoms with E-state index in [1.807, 2.05) is 0 Å². The first-order valence-electron chi connectivity index (χ1n) is 30.9. The number of ether oxygens (including phenoxy) is 10. The SMILES string of the molecule is C[C@H](CC[C@@H](O[C@@H]1O[C@H](CO)C[C@H](O)C1O[C@@H]1O[C@H](CO)C[C@H](O[C@@H]2O[C@H](CO)C[C@H](O)[C@H]2O)[C@H]1O)C(C)(C)O)C1CC[C@@]2(C)C3CC=C4C(CC[C@H](O[C@@H]5O[C@H](CO[C@@H]6O[C@H](CO)[C@@H](O)C[C@H]6O)C[C@H](O)[C@H]5O)C4(C)C)[C@]3(C)CC[C@]12C. The van der Waals surface area contributed by atoms with Crippen LogP contribution in [0.15, 0.2) is 11.6 Å². The predicted octanol–water partition coefficient (Wildman–Crippen LogP) is 0.768. The molecule has 9 rings (SSSR count). The molecule has 0 aromatic carbocycles. The molecule has 23 nitrogen and oxygen atoms in total. The standard InChI is InChI=1S/C60H102O23/c1-29(9-13-46(57(4,5)73)82-55-50(40(68)20-31(25-62)77-55)83-54-49(72)42(22-32(26-63)76-54)79-52-47(70)38(66)19-30(24-61)75-52)34-15-16-60(8)44-12-10-35-36(58(44,6)17-18-59(34,60)7)11-14-45(56(35,2)3)81-53-48(71)39(67)21-33(78-53)28-74-51-41(69)23-37(65)43(27-64)80-51/h10,29-34,36-55,61-73H,9,11-28H2,1-8H3/t29-,30+,31+,32+,33+,34?,36?,37+,38+,39+,40+,41-,42+,43-,44?,45+,46-,47-,48-,49-,50?,51-,52+,53+,54+,55+,58+,59-,60+/m1/s1. The van der Waals surface area contributed by atoms with Crippen LogP contribution in [0.5, 0.6) is 0 Å². The average Bonchev–Trinajstić information content (AvgIpc) is 1.76. The molecular weight excluding hydrogens is 1090 g/mol. The summed E-state index contributed by atoms with van der Waals surface area (Å²) in [7, 11) is 0. The van der Waals surface area contributed by atoms with Gasteiger partial charge in [0.25, 0.3) is 0 Å². The lowest BCUT2D eigenvalue weighted by molar-refractivity contribution is -0.367. The maximum atomic E-state index is 11.8. The summed E-state index contributed by atoms with van der Waals surface area (Å²) in [5, 5.41) is 139. The predicted molar refractivity (Wildman–Crippen MR) is 292 cm³/mol. The van der Waals surface area contributed by atoms with Crippen molar-refractivity contribution in [1.29, 1.82) is 0 Å². The van der Waals surface area contributed by atoms with Gasteiger partial charge in [-0.2, -0.15) is 0 Å². The van der Waals surface area contributed by atoms with Gasteiger partial charge in [0, 0.05) is 37.5 Å². The number of aliphatic hydroxyl groups is 13. The largest absolute Gasteiger partial charge is 0.394 e. The topological polar surface area (TPSA) is 355 Å². The Morgan fingerprint density at radius 2 is 1.17 bits per heavy atom. The summed E-state index contributed by atoms with van der Waals surface area (Å²) in [6, 6.07) is 0. The molecule has 5 heterocycles. The van der Waals surface area contributed by atoms with E-state index >= 15 is 0 Å². The van der Waals surface area contributed by atoms with Crippen LogP contribution in [0.1, 0.15) is 145 Å². The third-order valence-corrected chi connectivity index (χ3v) is 22.2. The Balaban J connectivity index is 0.837. The van der Waals surface area contributed by atoms with Crippen LogP contribution in [0.25, 0.3) is 0 Å². The summed E-state index contributed by atoms with van der Waals surface area (Å²) in [5.74, 6) is 1.30. The molecule has 0 amide bonds. The Hall–Kier alpha value is -1.18. The molecule has 5 aliphatic heterocycles. The molecule has 0 radical (unpaired) electrons. The van der Waals surface area contributed by atoms with Gasteiger partial charge in [0.15, 0.2) is 31.5 Å². The molecule has 480 valence electrons. The molecule has 3 saturated carbocycles. The van der Waals surface area contributed by atoms with E-state index in [1.165, 1.54) is 5.57 Å². The highest BCUT2D eigenvalue weighted by Crippen LogP contribution is 2.75. The zero-order chi connectivity index (χ0) is 60.3. The number of aliphatic hydroxyl groups excluding tert-OH is 12. The minimum atomic E-state index is -1.57. The van der Waals surface area contributed by atoms with E-state index < -0.39 is 167 Å². The van der Waals surface area contributed by atoms with Crippen LogP contribution in [-0.4, -0.2) is 240 Å². The highest BCUT2D eigenvalue weighted by atomic mass is 16.8. The van der Waals surface area contributed by atoms with E-state index in [9.17, 15) is 66.4 Å². The molecule has 13 N–H and O–H groups in total. The fourth-order valence-corrected chi connectivity index (χ4v) is 16.9. The lowest BCUT2D eigenvalue weighted by Gasteiger charge is -2.66. The third-order valence-electron chi connectivity index (χ3n) is 22.2. The molecule has 83 heavy (non-hydrogen) atoms. The summed E-state index contributed by atoms with van der Waals surface area (Å²) in [6.45, 7) is 15.6. The molecular formula is C60H102O23. The van der Waals surface area contributed by atoms with Crippen molar-refractivity contribution >= 4 is 0 Å². The monoisotopic (exact) mass is 1190 g/mol. The number of hydrogen-bond acceptors (Lipinski definition) is 23. The van der Waals surface area contributed by atoms with Crippen molar-refractivity contribution in [2.75, 3.05) is 33.0 Å². The van der Waals surface area contributed by atoms with Gasteiger partial charge in [0.1, 0.15) is 36.6 Å². The van der Waals surface area contributed by atoms with Gasteiger partial charge in [0.2, 0.25) is 0 Å². The Morgan fingerprint density at radius 3 is 1.81 bits per heavy atom. The Kier molecular flexibility index (Phi) is 21.0. The van der Waals surface area contributed by atoms with Gasteiger partial charge in [-0.1, -0.05) is 53.2 Å². The van der Waals surface area contributed by atoms with Crippen molar-refractivity contribution in [3.05, 3.63) is 11.6 Å². The molecule has 0 spiro atoms. The first kappa shape index (κ1) is 66.2. The van der Waals surface area contributed by atoms with E-state index in [1.54, 1.807) is 13.8 Å². The normalized spacial score (nSPS) is 49.2. The average molecular weight is 1190 g/mol. The zero-order valence-corrected chi connectivity index (χ0v) is 49.9. The minimum absolute atomic E-state index is 0.00164. The lowest BCUT2D eigenvalue weighted by atomic mass is 9.39. The van der Waals surface area contributed by atoms with Gasteiger partial charge in [-0.3, -0.25) is 0 Å². The smallest absolute Gasteiger partial charge is 0.187 e. The fraction of sp³-hybridized carbons (Fsp3) is 0.967. The molecule has 8 fully saturated rings. The summed E-state index contributed by atoms with van der Waals surface area (Å²) in [4.78, 5) is 0. The zero-order valence-electron chi connectivity index (χ0n) is 49.9. The lowest BCUT2D eigenvalue weighted by Crippen LogP contribution is -2.60. The minimum Gasteiger partial charge on any atom is -0.394 e. The quantitative estimate of drug-likeness (QED) is 0.0749. The number of rotatable bonds is 20. The van der Waals surface area contributed by atoms with Gasteiger partial charge in [-0.05, 0) is 112 Å². The maximum absolute atomic E-state index is 11.8. The van der Waals surface area contributed by atoms with Crippen LogP contribution >= 0.6 is 0 Å². The molecule has 4 aliphatic carbocycles. The number of allylic oxidation sites excluding steroid dienone is 1. The summed E-state index contributed by atoms with van der Waals surface area (Å²) < 4.78 is 61.2. The van der Waals surface area contributed by atoms with Crippen LogP contribution in [0.2, 0.25) is 0 Å². The Labute approximate surface area is 488 Å². The summed E-state index contributed by atoms with van der Waals surface area (Å²) in [5.41, 5.74) is -0.444. The highest BCUT2D eigenvalue weighted by molar-refractivity contribution is 5.30. The molecule has 4 unspecified atom stereocenters. The molecule has 0 aromatic heterocycles. The molecule has 9 aliphatic rings. The van der Waals surface area contributed by atoms with Crippen molar-refractivity contribution in [2.45, 2.75) is 286 Å². The third kappa shape index (κ3) is 13.2. The van der Waals surface area contributed by atoms with Crippen LogP contribution in [0.3, 0.4) is 0 Å². The molecule has 0 bridgehead atoms. The van der Waals surface area contributed by atoms with Gasteiger partial charge in [-0.25, -0.2) is 0 Å². The Bertz CT molecular complexity index is 2130. The van der Waals surface area contributed by atoms with Crippen molar-refractivity contribution in [3.63, 3.8) is 0 Å². The Morgan fingerprint density at radius 1 is 0.578 bits per heavy atom. The van der Waals surface area contributed by atoms with Gasteiger partial charge in [0.05, 0.1) is 106 Å². The van der Waals surface area contributed by atoms with Crippen LogP contribution in [0.4, 0.5) is 0 Å². The van der Waals surface area contributed by atoms with E-state index in [0.29, 0.717) is 30.6 Å². The van der Waals surface area contributed by atoms with E-state index in [0.717, 1.165) is 44.9 Å². The fourth-order valence-electron chi connectivity index (χ4n) is 16.9. The van der Waals surface area contributed by atoms with Crippen LogP contribution in [0, 0.1) is 45.3 Å². The van der Waals surface area contributed by atoms with E-state index in [-0.39, 0.29) is 67.0 Å². The van der Waals surface area contributed by atoms with Gasteiger partial charge >= 0.3 is 0 Å². The van der Waals surface area contributed by atoms with Crippen molar-refractivity contribution in [3.8, 4) is 0 Å². The second-order valence-electron chi connectivity index (χ2n) is 28.1. The van der Waals surface area contributed by atoms with Gasteiger partial charge < -0.3 is 114 Å². The molecule has 23 heteroatoms. The first-order chi connectivity index (χ1) is 39.1. The number of hydrogen-bond donors (Lipinski definition) is 13. The summed E-state index contributed by atoms with van der Waals surface area (Å²) >= 11 is 0. The molecule has 0 aromatic rings. The van der Waals surface area contributed by atoms with E-state index in [2.05, 4.69) is 47.6 Å². The van der Waals surface area contributed by atoms with E-state index in [4.69, 9.17) is 47.4 Å². The van der Waals surface area contributed by atoms with Gasteiger partial charge in [-0.15, -0.1) is 0 Å². The highest BCUT2D eigenvalue weighted by Gasteiger charge is 2.68. The summed E-state index contributed by atoms with van der Waals surface area (Å²) in [6.07, 6.45) is -14.4. The van der Waals surface area contributed by atoms with Crippen LogP contribution < -0.4 is 0 Å². The van der Waals surface area contributed by atoms with Crippen molar-refractivity contribution < 1.29 is 114 Å². The molecule has 29 atom stereocenters. The second kappa shape index (κ2) is 26.3. The second-order valence-corrected chi connectivity index (χ2v) is 28.1. The van der Waals surface area contributed by atoms with Crippen molar-refractivity contribution in [2.24, 2.45) is 45.3 Å². The number of fused-ring (bicyclic) bond motifs is 5. The van der Waals surface area contributed by atoms with Crippen molar-refractivity contribution in [1.82, 2.24) is 0 Å². The van der Waals surface area contributed by atoms with Crippen LogP contribution in [-0.2, 0) is 47.4 Å².